The molecular weight excluding hydrogens is 324 g/mol. The first-order valence-electron chi connectivity index (χ1n) is 9.08. The zero-order chi connectivity index (χ0) is 18.1. The molecule has 1 saturated carbocycles. The first-order valence-corrected chi connectivity index (χ1v) is 9.08. The Kier molecular flexibility index (Phi) is 7.84. The third-order valence-corrected chi connectivity index (χ3v) is 4.77. The largest absolute Gasteiger partial charge is 0.349 e. The van der Waals surface area contributed by atoms with Crippen LogP contribution < -0.4 is 10.8 Å². The lowest BCUT2D eigenvalue weighted by atomic mass is 9.84. The molecule has 0 radical (unpaired) electrons. The van der Waals surface area contributed by atoms with Gasteiger partial charge >= 0.3 is 0 Å². The lowest BCUT2D eigenvalue weighted by molar-refractivity contribution is -0.129. The summed E-state index contributed by atoms with van der Waals surface area (Å²) in [5.41, 5.74) is 1.67. The fraction of sp³-hybridized carbons (Fsp3) is 0.765. The maximum Gasteiger partial charge on any atom is 0.244 e. The van der Waals surface area contributed by atoms with Gasteiger partial charge in [0.05, 0.1) is 6.54 Å². The summed E-state index contributed by atoms with van der Waals surface area (Å²) in [4.78, 5) is 26.8. The van der Waals surface area contributed by atoms with E-state index in [-0.39, 0.29) is 24.8 Å². The Balaban J connectivity index is 1.90. The molecule has 2 rings (SSSR count). The summed E-state index contributed by atoms with van der Waals surface area (Å²) in [5.74, 6) is 0.673. The first kappa shape index (κ1) is 19.4. The quantitative estimate of drug-likeness (QED) is 0.464. The third kappa shape index (κ3) is 6.81. The van der Waals surface area contributed by atoms with E-state index in [0.717, 1.165) is 25.2 Å². The van der Waals surface area contributed by atoms with Crippen molar-refractivity contribution in [2.45, 2.75) is 77.2 Å². The van der Waals surface area contributed by atoms with Crippen LogP contribution in [0.3, 0.4) is 0 Å². The Morgan fingerprint density at radius 2 is 2.08 bits per heavy atom. The van der Waals surface area contributed by atoms with E-state index < -0.39 is 5.91 Å². The molecule has 1 heterocycles. The number of nitrogens with one attached hydrogen (secondary N) is 2. The number of hydrogen-bond donors (Lipinski definition) is 3. The molecule has 0 bridgehead atoms. The van der Waals surface area contributed by atoms with E-state index in [2.05, 4.69) is 15.5 Å². The van der Waals surface area contributed by atoms with Gasteiger partial charge in [0.2, 0.25) is 17.7 Å². The molecule has 140 valence electrons. The minimum absolute atomic E-state index is 0.100. The van der Waals surface area contributed by atoms with Gasteiger partial charge in [0, 0.05) is 19.3 Å². The number of aromatic nitrogens is 2. The van der Waals surface area contributed by atoms with E-state index in [9.17, 15) is 9.59 Å². The molecule has 1 aliphatic rings. The summed E-state index contributed by atoms with van der Waals surface area (Å²) < 4.78 is 5.27. The van der Waals surface area contributed by atoms with Gasteiger partial charge in [-0.05, 0) is 12.3 Å². The van der Waals surface area contributed by atoms with Crippen molar-refractivity contribution in [3.8, 4) is 0 Å². The smallest absolute Gasteiger partial charge is 0.244 e. The fourth-order valence-corrected chi connectivity index (χ4v) is 3.42. The predicted octanol–water partition coefficient (Wildman–Crippen LogP) is 2.44. The summed E-state index contributed by atoms with van der Waals surface area (Å²) >= 11 is 0. The third-order valence-electron chi connectivity index (χ3n) is 4.77. The standard InChI is InChI=1S/C17H28N4O4/c1-12(22)18-11-15-19-17(25-21-15)14(10-16(23)20-24)9-5-8-13-6-3-2-4-7-13/h13-14,24H,2-11H2,1H3,(H,18,22)(H,20,23)/t14-/m1/s1. The molecular formula is C17H28N4O4. The van der Waals surface area contributed by atoms with Gasteiger partial charge < -0.3 is 9.84 Å². The molecule has 1 aromatic rings. The van der Waals surface area contributed by atoms with E-state index in [1.165, 1.54) is 39.0 Å². The average Bonchev–Trinajstić information content (AvgIpc) is 3.08. The van der Waals surface area contributed by atoms with E-state index >= 15 is 0 Å². The van der Waals surface area contributed by atoms with E-state index in [0.29, 0.717) is 11.7 Å². The summed E-state index contributed by atoms with van der Waals surface area (Å²) in [7, 11) is 0. The fourth-order valence-electron chi connectivity index (χ4n) is 3.42. The van der Waals surface area contributed by atoms with E-state index in [1.807, 2.05) is 0 Å². The lowest BCUT2D eigenvalue weighted by Crippen LogP contribution is -2.22. The zero-order valence-corrected chi connectivity index (χ0v) is 14.8. The molecule has 0 aliphatic heterocycles. The van der Waals surface area contributed by atoms with Crippen LogP contribution in [0.1, 0.15) is 82.3 Å². The molecule has 1 fully saturated rings. The van der Waals surface area contributed by atoms with Crippen molar-refractivity contribution < 1.29 is 19.3 Å². The van der Waals surface area contributed by atoms with Crippen molar-refractivity contribution >= 4 is 11.8 Å². The second-order valence-corrected chi connectivity index (χ2v) is 6.83. The number of amides is 2. The summed E-state index contributed by atoms with van der Waals surface area (Å²) in [6.07, 6.45) is 9.55. The maximum absolute atomic E-state index is 11.6. The van der Waals surface area contributed by atoms with Gasteiger partial charge in [-0.1, -0.05) is 50.1 Å². The molecule has 1 aliphatic carbocycles. The minimum atomic E-state index is -0.468. The van der Waals surface area contributed by atoms with Crippen molar-refractivity contribution in [3.63, 3.8) is 0 Å². The van der Waals surface area contributed by atoms with E-state index in [1.54, 1.807) is 5.48 Å². The second-order valence-electron chi connectivity index (χ2n) is 6.83. The number of rotatable bonds is 9. The van der Waals surface area contributed by atoms with Gasteiger partial charge in [-0.15, -0.1) is 0 Å². The number of hydroxylamine groups is 1. The van der Waals surface area contributed by atoms with Crippen LogP contribution in [0, 0.1) is 5.92 Å². The molecule has 8 nitrogen and oxygen atoms in total. The highest BCUT2D eigenvalue weighted by molar-refractivity contribution is 5.75. The zero-order valence-electron chi connectivity index (χ0n) is 14.8. The molecule has 0 unspecified atom stereocenters. The Hall–Kier alpha value is -1.96. The van der Waals surface area contributed by atoms with Crippen LogP contribution in [0.25, 0.3) is 0 Å². The molecule has 25 heavy (non-hydrogen) atoms. The highest BCUT2D eigenvalue weighted by atomic mass is 16.5. The van der Waals surface area contributed by atoms with Gasteiger partial charge in [0.25, 0.3) is 0 Å². The van der Waals surface area contributed by atoms with Crippen molar-refractivity contribution in [1.29, 1.82) is 0 Å². The van der Waals surface area contributed by atoms with Crippen molar-refractivity contribution in [2.75, 3.05) is 0 Å². The van der Waals surface area contributed by atoms with Crippen LogP contribution in [0.2, 0.25) is 0 Å². The number of nitrogens with zero attached hydrogens (tertiary/aromatic N) is 2. The average molecular weight is 352 g/mol. The number of carbonyl (C=O) groups is 2. The van der Waals surface area contributed by atoms with Gasteiger partial charge in [0.1, 0.15) is 0 Å². The number of carbonyl (C=O) groups excluding carboxylic acids is 2. The van der Waals surface area contributed by atoms with Crippen LogP contribution in [-0.2, 0) is 16.1 Å². The topological polar surface area (TPSA) is 117 Å². The van der Waals surface area contributed by atoms with Crippen molar-refractivity contribution in [3.05, 3.63) is 11.7 Å². The summed E-state index contributed by atoms with van der Waals surface area (Å²) in [6, 6.07) is 0. The highest BCUT2D eigenvalue weighted by Crippen LogP contribution is 2.31. The molecule has 2 amide bonds. The van der Waals surface area contributed by atoms with E-state index in [4.69, 9.17) is 9.73 Å². The Morgan fingerprint density at radius 3 is 2.76 bits per heavy atom. The Bertz CT molecular complexity index is 555. The number of hydrogen-bond acceptors (Lipinski definition) is 6. The Labute approximate surface area is 147 Å². The minimum Gasteiger partial charge on any atom is -0.349 e. The van der Waals surface area contributed by atoms with Gasteiger partial charge in [-0.2, -0.15) is 4.98 Å². The molecule has 8 heteroatoms. The monoisotopic (exact) mass is 352 g/mol. The predicted molar refractivity (Wildman–Crippen MR) is 89.5 cm³/mol. The second kappa shape index (κ2) is 10.1. The molecule has 0 aromatic carbocycles. The summed E-state index contributed by atoms with van der Waals surface area (Å²) in [6.45, 7) is 1.61. The maximum atomic E-state index is 11.6. The molecule has 1 aromatic heterocycles. The SMILES string of the molecule is CC(=O)NCc1noc([C@H](CCCC2CCCCC2)CC(=O)NO)n1. The van der Waals surface area contributed by atoms with Crippen molar-refractivity contribution in [1.82, 2.24) is 20.9 Å². The van der Waals surface area contributed by atoms with Crippen LogP contribution in [0.5, 0.6) is 0 Å². The van der Waals surface area contributed by atoms with Crippen LogP contribution in [0.4, 0.5) is 0 Å². The lowest BCUT2D eigenvalue weighted by Gasteiger charge is -2.22. The molecule has 0 spiro atoms. The highest BCUT2D eigenvalue weighted by Gasteiger charge is 2.23. The van der Waals surface area contributed by atoms with Gasteiger partial charge in [-0.25, -0.2) is 5.48 Å². The van der Waals surface area contributed by atoms with Crippen molar-refractivity contribution in [2.24, 2.45) is 5.92 Å². The van der Waals surface area contributed by atoms with Crippen LogP contribution in [-0.4, -0.2) is 27.2 Å². The first-order chi connectivity index (χ1) is 12.1. The normalized spacial score (nSPS) is 16.4. The summed E-state index contributed by atoms with van der Waals surface area (Å²) in [5, 5.41) is 15.3. The van der Waals surface area contributed by atoms with Gasteiger partial charge in [0.15, 0.2) is 5.82 Å². The molecule has 1 atom stereocenters. The van der Waals surface area contributed by atoms with Gasteiger partial charge in [-0.3, -0.25) is 14.8 Å². The van der Waals surface area contributed by atoms with Crippen LogP contribution in [0.15, 0.2) is 4.52 Å². The van der Waals surface area contributed by atoms with Crippen LogP contribution >= 0.6 is 0 Å². The molecule has 3 N–H and O–H groups in total. The molecule has 0 saturated heterocycles. The Morgan fingerprint density at radius 1 is 1.32 bits per heavy atom.